The minimum atomic E-state index is -0.279. The predicted octanol–water partition coefficient (Wildman–Crippen LogP) is 3.59. The summed E-state index contributed by atoms with van der Waals surface area (Å²) in [5.41, 5.74) is 1.20. The first-order valence-electron chi connectivity index (χ1n) is 10.5. The summed E-state index contributed by atoms with van der Waals surface area (Å²) in [4.78, 5) is 35.2. The van der Waals surface area contributed by atoms with Crippen LogP contribution in [0.25, 0.3) is 5.82 Å². The maximum atomic E-state index is 12.6. The molecule has 1 aliphatic rings. The summed E-state index contributed by atoms with van der Waals surface area (Å²) in [6.45, 7) is 0.407. The van der Waals surface area contributed by atoms with Crippen molar-refractivity contribution in [3.8, 4) is 17.3 Å². The van der Waals surface area contributed by atoms with Crippen molar-refractivity contribution in [3.05, 3.63) is 97.2 Å². The summed E-state index contributed by atoms with van der Waals surface area (Å²) in [5, 5.41) is 2.94. The van der Waals surface area contributed by atoms with Crippen molar-refractivity contribution in [2.45, 2.75) is 12.5 Å². The molecule has 3 heterocycles. The quantitative estimate of drug-likeness (QED) is 0.496. The van der Waals surface area contributed by atoms with E-state index in [2.05, 4.69) is 15.3 Å². The van der Waals surface area contributed by atoms with Gasteiger partial charge in [-0.1, -0.05) is 18.2 Å². The van der Waals surface area contributed by atoms with Crippen molar-refractivity contribution in [1.82, 2.24) is 19.9 Å². The molecule has 0 spiro atoms. The number of hydrogen-bond donors (Lipinski definition) is 1. The first kappa shape index (κ1) is 20.4. The Bertz CT molecular complexity index is 1240. The SMILES string of the molecule is O=C(NC1CC(=O)N(c2ccc(Oc3ccccc3)cc2)C1)c1ccc(-n2ccnc2)nc1. The number of amides is 2. The lowest BCUT2D eigenvalue weighted by molar-refractivity contribution is -0.117. The second kappa shape index (κ2) is 8.96. The number of anilines is 1. The van der Waals surface area contributed by atoms with Crippen LogP contribution >= 0.6 is 0 Å². The van der Waals surface area contributed by atoms with Gasteiger partial charge in [0.25, 0.3) is 5.91 Å². The van der Waals surface area contributed by atoms with Crippen molar-refractivity contribution < 1.29 is 14.3 Å². The second-order valence-electron chi connectivity index (χ2n) is 7.66. The van der Waals surface area contributed by atoms with Gasteiger partial charge in [0.05, 0.1) is 11.6 Å². The third kappa shape index (κ3) is 4.59. The van der Waals surface area contributed by atoms with E-state index < -0.39 is 0 Å². The molecule has 4 aromatic rings. The van der Waals surface area contributed by atoms with Gasteiger partial charge in [0.2, 0.25) is 5.91 Å². The number of carbonyl (C=O) groups excluding carboxylic acids is 2. The smallest absolute Gasteiger partial charge is 0.253 e. The van der Waals surface area contributed by atoms with Crippen LogP contribution in [0.1, 0.15) is 16.8 Å². The van der Waals surface area contributed by atoms with Crippen LogP contribution in [0.2, 0.25) is 0 Å². The zero-order valence-corrected chi connectivity index (χ0v) is 17.7. The zero-order valence-electron chi connectivity index (χ0n) is 17.7. The van der Waals surface area contributed by atoms with Gasteiger partial charge in [-0.15, -0.1) is 0 Å². The average molecular weight is 439 g/mol. The van der Waals surface area contributed by atoms with E-state index in [1.807, 2.05) is 54.6 Å². The minimum Gasteiger partial charge on any atom is -0.457 e. The number of rotatable bonds is 6. The summed E-state index contributed by atoms with van der Waals surface area (Å²) in [7, 11) is 0. The van der Waals surface area contributed by atoms with E-state index in [0.717, 1.165) is 11.4 Å². The second-order valence-corrected chi connectivity index (χ2v) is 7.66. The van der Waals surface area contributed by atoms with Gasteiger partial charge in [0.15, 0.2) is 0 Å². The number of para-hydroxylation sites is 1. The Balaban J connectivity index is 1.20. The van der Waals surface area contributed by atoms with E-state index in [1.54, 1.807) is 40.3 Å². The van der Waals surface area contributed by atoms with E-state index >= 15 is 0 Å². The van der Waals surface area contributed by atoms with E-state index in [4.69, 9.17) is 4.74 Å². The maximum absolute atomic E-state index is 12.6. The minimum absolute atomic E-state index is 0.0365. The molecule has 0 radical (unpaired) electrons. The first-order chi connectivity index (χ1) is 16.2. The molecule has 0 bridgehead atoms. The summed E-state index contributed by atoms with van der Waals surface area (Å²) in [6, 6.07) is 20.0. The molecule has 8 heteroatoms. The first-order valence-corrected chi connectivity index (χ1v) is 10.5. The lowest BCUT2D eigenvalue weighted by Gasteiger charge is -2.18. The number of nitrogens with zero attached hydrogens (tertiary/aromatic N) is 4. The number of ether oxygens (including phenoxy) is 1. The molecule has 1 aliphatic heterocycles. The molecule has 1 N–H and O–H groups in total. The summed E-state index contributed by atoms with van der Waals surface area (Å²) >= 11 is 0. The molecule has 2 amide bonds. The van der Waals surface area contributed by atoms with E-state index in [1.165, 1.54) is 6.20 Å². The van der Waals surface area contributed by atoms with E-state index in [0.29, 0.717) is 23.7 Å². The van der Waals surface area contributed by atoms with Gasteiger partial charge in [-0.3, -0.25) is 14.2 Å². The molecule has 0 aliphatic carbocycles. The summed E-state index contributed by atoms with van der Waals surface area (Å²) in [6.07, 6.45) is 6.84. The molecule has 33 heavy (non-hydrogen) atoms. The summed E-state index contributed by atoms with van der Waals surface area (Å²) < 4.78 is 7.56. The lowest BCUT2D eigenvalue weighted by Crippen LogP contribution is -2.37. The highest BCUT2D eigenvalue weighted by Gasteiger charge is 2.31. The normalized spacial score (nSPS) is 15.5. The highest BCUT2D eigenvalue weighted by Crippen LogP contribution is 2.27. The van der Waals surface area contributed by atoms with Gasteiger partial charge in [-0.05, 0) is 48.5 Å². The predicted molar refractivity (Wildman–Crippen MR) is 123 cm³/mol. The fraction of sp³-hybridized carbons (Fsp3) is 0.120. The monoisotopic (exact) mass is 439 g/mol. The van der Waals surface area contributed by atoms with Gasteiger partial charge in [0, 0.05) is 37.2 Å². The van der Waals surface area contributed by atoms with Crippen LogP contribution in [0, 0.1) is 0 Å². The van der Waals surface area contributed by atoms with Crippen LogP contribution in [-0.4, -0.2) is 38.9 Å². The van der Waals surface area contributed by atoms with E-state index in [9.17, 15) is 9.59 Å². The van der Waals surface area contributed by atoms with Gasteiger partial charge >= 0.3 is 0 Å². The van der Waals surface area contributed by atoms with Crippen LogP contribution in [0.4, 0.5) is 5.69 Å². The highest BCUT2D eigenvalue weighted by atomic mass is 16.5. The maximum Gasteiger partial charge on any atom is 0.253 e. The standard InChI is InChI=1S/C25H21N5O3/c31-24-14-19(28-25(32)18-6-11-23(27-15-18)29-13-12-26-17-29)16-30(24)20-7-9-22(10-8-20)33-21-4-2-1-3-5-21/h1-13,15,17,19H,14,16H2,(H,28,32). The third-order valence-electron chi connectivity index (χ3n) is 5.37. The fourth-order valence-electron chi connectivity index (χ4n) is 3.71. The van der Waals surface area contributed by atoms with Crippen LogP contribution in [-0.2, 0) is 4.79 Å². The summed E-state index contributed by atoms with van der Waals surface area (Å²) in [5.74, 6) is 1.81. The van der Waals surface area contributed by atoms with Gasteiger partial charge in [-0.2, -0.15) is 0 Å². The number of imidazole rings is 1. The third-order valence-corrected chi connectivity index (χ3v) is 5.37. The van der Waals surface area contributed by atoms with Gasteiger partial charge in [-0.25, -0.2) is 9.97 Å². The molecule has 1 saturated heterocycles. The zero-order chi connectivity index (χ0) is 22.6. The topological polar surface area (TPSA) is 89.4 Å². The van der Waals surface area contributed by atoms with Crippen molar-refractivity contribution in [3.63, 3.8) is 0 Å². The van der Waals surface area contributed by atoms with Crippen LogP contribution < -0.4 is 15.0 Å². The van der Waals surface area contributed by atoms with Crippen molar-refractivity contribution in [2.24, 2.45) is 0 Å². The number of pyridine rings is 1. The highest BCUT2D eigenvalue weighted by molar-refractivity contribution is 5.98. The number of hydrogen-bond acceptors (Lipinski definition) is 5. The Labute approximate surface area is 190 Å². The Morgan fingerprint density at radius 3 is 2.48 bits per heavy atom. The molecule has 1 fully saturated rings. The van der Waals surface area contributed by atoms with Crippen molar-refractivity contribution >= 4 is 17.5 Å². The van der Waals surface area contributed by atoms with E-state index in [-0.39, 0.29) is 24.3 Å². The largest absolute Gasteiger partial charge is 0.457 e. The molecular weight excluding hydrogens is 418 g/mol. The molecule has 0 saturated carbocycles. The van der Waals surface area contributed by atoms with Crippen LogP contribution in [0.3, 0.4) is 0 Å². The average Bonchev–Trinajstić information content (AvgIpc) is 3.51. The molecule has 164 valence electrons. The molecule has 5 rings (SSSR count). The molecule has 2 aromatic heterocycles. The molecule has 1 unspecified atom stereocenters. The van der Waals surface area contributed by atoms with Gasteiger partial charge < -0.3 is 15.0 Å². The number of carbonyl (C=O) groups is 2. The van der Waals surface area contributed by atoms with Crippen LogP contribution in [0.5, 0.6) is 11.5 Å². The Hall–Kier alpha value is -4.46. The van der Waals surface area contributed by atoms with Crippen LogP contribution in [0.15, 0.2) is 91.6 Å². The van der Waals surface area contributed by atoms with Crippen molar-refractivity contribution in [2.75, 3.05) is 11.4 Å². The fourth-order valence-corrected chi connectivity index (χ4v) is 3.71. The molecule has 8 nitrogen and oxygen atoms in total. The van der Waals surface area contributed by atoms with Gasteiger partial charge in [0.1, 0.15) is 23.6 Å². The molecular formula is C25H21N5O3. The Morgan fingerprint density at radius 1 is 1.00 bits per heavy atom. The Kier molecular flexibility index (Phi) is 5.55. The number of aromatic nitrogens is 3. The Morgan fingerprint density at radius 2 is 1.79 bits per heavy atom. The number of nitrogens with one attached hydrogen (secondary N) is 1. The van der Waals surface area contributed by atoms with Crippen molar-refractivity contribution in [1.29, 1.82) is 0 Å². The molecule has 2 aromatic carbocycles. The lowest BCUT2D eigenvalue weighted by atomic mass is 10.2. The number of benzene rings is 2. The molecule has 1 atom stereocenters.